The van der Waals surface area contributed by atoms with Crippen molar-refractivity contribution >= 4 is 27.2 Å². The molecule has 1 saturated heterocycles. The minimum absolute atomic E-state index is 0.0569. The maximum Gasteiger partial charge on any atom is 0.274 e. The highest BCUT2D eigenvalue weighted by Crippen LogP contribution is 2.21. The number of aromatic nitrogens is 2. The zero-order valence-corrected chi connectivity index (χ0v) is 16.8. The van der Waals surface area contributed by atoms with Crippen molar-refractivity contribution in [1.29, 1.82) is 0 Å². The molecule has 2 aromatic heterocycles. The van der Waals surface area contributed by atoms with Crippen molar-refractivity contribution in [1.82, 2.24) is 19.2 Å². The average Bonchev–Trinajstić information content (AvgIpc) is 3.00. The van der Waals surface area contributed by atoms with Crippen LogP contribution in [0.4, 0.5) is 0 Å². The lowest BCUT2D eigenvalue weighted by atomic mass is 9.94. The van der Waals surface area contributed by atoms with Crippen LogP contribution in [-0.2, 0) is 14.6 Å². The van der Waals surface area contributed by atoms with Gasteiger partial charge in [-0.05, 0) is 12.1 Å². The van der Waals surface area contributed by atoms with Crippen LogP contribution in [0.3, 0.4) is 0 Å². The second-order valence-electron chi connectivity index (χ2n) is 7.81. The number of fused-ring (bicyclic) bond motifs is 1. The molecule has 3 heterocycles. The predicted molar refractivity (Wildman–Crippen MR) is 100 cm³/mol. The summed E-state index contributed by atoms with van der Waals surface area (Å²) in [6.45, 7) is 7.30. The van der Waals surface area contributed by atoms with Gasteiger partial charge in [-0.3, -0.25) is 14.0 Å². The molecular formula is C18H24N4O4S. The van der Waals surface area contributed by atoms with Crippen molar-refractivity contribution < 1.29 is 18.0 Å². The van der Waals surface area contributed by atoms with Gasteiger partial charge in [0.15, 0.2) is 5.69 Å². The Hall–Kier alpha value is -2.42. The Morgan fingerprint density at radius 2 is 1.63 bits per heavy atom. The molecule has 0 radical (unpaired) electrons. The number of rotatable bonds is 2. The summed E-state index contributed by atoms with van der Waals surface area (Å²) in [5, 5.41) is -0.150. The average molecular weight is 392 g/mol. The van der Waals surface area contributed by atoms with E-state index in [1.54, 1.807) is 34.2 Å². The molecule has 1 fully saturated rings. The van der Waals surface area contributed by atoms with Crippen molar-refractivity contribution in [3.8, 4) is 0 Å². The van der Waals surface area contributed by atoms with E-state index in [0.29, 0.717) is 31.7 Å². The van der Waals surface area contributed by atoms with E-state index in [0.717, 1.165) is 6.26 Å². The van der Waals surface area contributed by atoms with Crippen LogP contribution in [0.2, 0.25) is 0 Å². The topological polar surface area (TPSA) is 92.1 Å². The SMILES string of the molecule is CC(C)(C)C(=O)N1CCN(C(=O)c2nc(S(C)(=O)=O)n3ccccc23)CC1. The number of carbonyl (C=O) groups excluding carboxylic acids is 2. The van der Waals surface area contributed by atoms with Gasteiger partial charge in [0.05, 0.1) is 5.52 Å². The predicted octanol–water partition coefficient (Wildman–Crippen LogP) is 1.07. The van der Waals surface area contributed by atoms with Crippen LogP contribution in [0.25, 0.3) is 5.52 Å². The van der Waals surface area contributed by atoms with Crippen molar-refractivity contribution in [2.75, 3.05) is 32.4 Å². The van der Waals surface area contributed by atoms with Crippen molar-refractivity contribution in [3.05, 3.63) is 30.1 Å². The maximum atomic E-state index is 13.0. The smallest absolute Gasteiger partial charge is 0.274 e. The molecule has 1 aliphatic rings. The second-order valence-corrected chi connectivity index (χ2v) is 9.71. The molecule has 1 aliphatic heterocycles. The number of piperazine rings is 1. The first-order valence-corrected chi connectivity index (χ1v) is 10.6. The van der Waals surface area contributed by atoms with Crippen LogP contribution >= 0.6 is 0 Å². The van der Waals surface area contributed by atoms with Crippen LogP contribution in [0.15, 0.2) is 29.6 Å². The molecule has 3 rings (SSSR count). The third kappa shape index (κ3) is 3.69. The normalized spacial score (nSPS) is 16.0. The summed E-state index contributed by atoms with van der Waals surface area (Å²) >= 11 is 0. The monoisotopic (exact) mass is 392 g/mol. The molecular weight excluding hydrogens is 368 g/mol. The fraction of sp³-hybridized carbons (Fsp3) is 0.500. The highest BCUT2D eigenvalue weighted by Gasteiger charge is 2.32. The molecule has 0 bridgehead atoms. The summed E-state index contributed by atoms with van der Waals surface area (Å²) in [6.07, 6.45) is 2.65. The van der Waals surface area contributed by atoms with Crippen molar-refractivity contribution in [2.45, 2.75) is 25.9 Å². The number of nitrogens with zero attached hydrogens (tertiary/aromatic N) is 4. The fourth-order valence-electron chi connectivity index (χ4n) is 3.17. The van der Waals surface area contributed by atoms with Crippen LogP contribution in [0, 0.1) is 5.41 Å². The first-order valence-electron chi connectivity index (χ1n) is 8.76. The molecule has 146 valence electrons. The van der Waals surface area contributed by atoms with E-state index in [1.165, 1.54) is 4.40 Å². The summed E-state index contributed by atoms with van der Waals surface area (Å²) in [4.78, 5) is 32.9. The number of amides is 2. The van der Waals surface area contributed by atoms with Gasteiger partial charge in [0.1, 0.15) is 0 Å². The summed E-state index contributed by atoms with van der Waals surface area (Å²) in [5.41, 5.74) is 0.110. The van der Waals surface area contributed by atoms with Crippen LogP contribution < -0.4 is 0 Å². The van der Waals surface area contributed by atoms with Gasteiger partial charge in [0, 0.05) is 44.0 Å². The highest BCUT2D eigenvalue weighted by atomic mass is 32.2. The number of hydrogen-bond donors (Lipinski definition) is 0. The molecule has 0 aliphatic carbocycles. The van der Waals surface area contributed by atoms with E-state index < -0.39 is 15.3 Å². The Morgan fingerprint density at radius 3 is 2.19 bits per heavy atom. The van der Waals surface area contributed by atoms with Gasteiger partial charge in [-0.2, -0.15) is 0 Å². The van der Waals surface area contributed by atoms with Gasteiger partial charge in [0.2, 0.25) is 20.9 Å². The maximum absolute atomic E-state index is 13.0. The lowest BCUT2D eigenvalue weighted by Crippen LogP contribution is -2.53. The van der Waals surface area contributed by atoms with Crippen molar-refractivity contribution in [2.24, 2.45) is 5.41 Å². The van der Waals surface area contributed by atoms with Crippen LogP contribution in [0.1, 0.15) is 31.3 Å². The van der Waals surface area contributed by atoms with Gasteiger partial charge in [-0.25, -0.2) is 13.4 Å². The minimum Gasteiger partial charge on any atom is -0.339 e. The van der Waals surface area contributed by atoms with Gasteiger partial charge in [0.25, 0.3) is 5.91 Å². The van der Waals surface area contributed by atoms with Gasteiger partial charge < -0.3 is 9.80 Å². The largest absolute Gasteiger partial charge is 0.339 e. The van der Waals surface area contributed by atoms with E-state index in [-0.39, 0.29) is 22.7 Å². The number of pyridine rings is 1. The molecule has 27 heavy (non-hydrogen) atoms. The second kappa shape index (κ2) is 6.63. The first kappa shape index (κ1) is 19.3. The molecule has 0 aromatic carbocycles. The highest BCUT2D eigenvalue weighted by molar-refractivity contribution is 7.90. The molecule has 8 nitrogen and oxygen atoms in total. The Morgan fingerprint density at radius 1 is 1.04 bits per heavy atom. The van der Waals surface area contributed by atoms with Crippen molar-refractivity contribution in [3.63, 3.8) is 0 Å². The molecule has 2 amide bonds. The van der Waals surface area contributed by atoms with E-state index in [9.17, 15) is 18.0 Å². The lowest BCUT2D eigenvalue weighted by Gasteiger charge is -2.37. The summed E-state index contributed by atoms with van der Waals surface area (Å²) in [7, 11) is -3.58. The number of sulfone groups is 1. The standard InChI is InChI=1S/C18H24N4O4S/c1-18(2,3)16(24)21-11-9-20(10-12-21)15(23)14-13-7-5-6-8-22(13)17(19-14)27(4,25)26/h5-8H,9-12H2,1-4H3. The van der Waals surface area contributed by atoms with Gasteiger partial charge in [-0.15, -0.1) is 0 Å². The molecule has 0 atom stereocenters. The molecule has 2 aromatic rings. The number of hydrogen-bond acceptors (Lipinski definition) is 5. The molecule has 0 unspecified atom stereocenters. The zero-order chi connectivity index (χ0) is 20.0. The molecule has 0 N–H and O–H groups in total. The van der Waals surface area contributed by atoms with Gasteiger partial charge >= 0.3 is 0 Å². The Bertz CT molecular complexity index is 996. The van der Waals surface area contributed by atoms with E-state index >= 15 is 0 Å². The van der Waals surface area contributed by atoms with Gasteiger partial charge in [-0.1, -0.05) is 26.8 Å². The van der Waals surface area contributed by atoms with E-state index in [2.05, 4.69) is 4.98 Å². The summed E-state index contributed by atoms with van der Waals surface area (Å²) < 4.78 is 25.5. The quantitative estimate of drug-likeness (QED) is 0.762. The lowest BCUT2D eigenvalue weighted by molar-refractivity contribution is -0.140. The number of carbonyl (C=O) groups is 2. The molecule has 0 saturated carbocycles. The zero-order valence-electron chi connectivity index (χ0n) is 16.0. The summed E-state index contributed by atoms with van der Waals surface area (Å²) in [5.74, 6) is -0.266. The number of imidazole rings is 1. The Kier molecular flexibility index (Phi) is 4.75. The molecule has 9 heteroatoms. The fourth-order valence-corrected chi connectivity index (χ4v) is 3.94. The van der Waals surface area contributed by atoms with Crippen LogP contribution in [0.5, 0.6) is 0 Å². The Balaban J connectivity index is 1.85. The van der Waals surface area contributed by atoms with Crippen LogP contribution in [-0.4, -0.2) is 71.9 Å². The molecule has 0 spiro atoms. The third-order valence-electron chi connectivity index (χ3n) is 4.55. The third-order valence-corrected chi connectivity index (χ3v) is 5.50. The van der Waals surface area contributed by atoms with E-state index in [1.807, 2.05) is 20.8 Å². The Labute approximate surface area is 158 Å². The summed E-state index contributed by atoms with van der Waals surface area (Å²) in [6, 6.07) is 5.10. The first-order chi connectivity index (χ1) is 12.5. The van der Waals surface area contributed by atoms with E-state index in [4.69, 9.17) is 0 Å². The minimum atomic E-state index is -3.58.